The molecular weight excluding hydrogens is 240 g/mol. The van der Waals surface area contributed by atoms with E-state index in [0.29, 0.717) is 19.2 Å². The van der Waals surface area contributed by atoms with Crippen molar-refractivity contribution in [1.82, 2.24) is 10.0 Å². The molecule has 0 spiro atoms. The highest BCUT2D eigenvalue weighted by Crippen LogP contribution is 2.18. The van der Waals surface area contributed by atoms with Gasteiger partial charge in [-0.15, -0.1) is 0 Å². The van der Waals surface area contributed by atoms with E-state index >= 15 is 0 Å². The third-order valence-corrected chi connectivity index (χ3v) is 5.18. The molecule has 2 unspecified atom stereocenters. The van der Waals surface area contributed by atoms with Gasteiger partial charge in [-0.3, -0.25) is 0 Å². The lowest BCUT2D eigenvalue weighted by atomic mass is 10.1. The summed E-state index contributed by atoms with van der Waals surface area (Å²) in [5.74, 6) is 0. The highest BCUT2D eigenvalue weighted by Gasteiger charge is 2.28. The molecule has 0 aromatic rings. The Bertz CT molecular complexity index is 335. The van der Waals surface area contributed by atoms with Crippen molar-refractivity contribution >= 4 is 10.0 Å². The van der Waals surface area contributed by atoms with Gasteiger partial charge in [0.05, 0.1) is 11.9 Å². The monoisotopic (exact) mass is 262 g/mol. The van der Waals surface area contributed by atoms with Crippen LogP contribution in [0.25, 0.3) is 0 Å². The quantitative estimate of drug-likeness (QED) is 0.719. The normalized spacial score (nSPS) is 27.9. The number of sulfonamides is 1. The van der Waals surface area contributed by atoms with Gasteiger partial charge in [0.2, 0.25) is 10.0 Å². The van der Waals surface area contributed by atoms with E-state index < -0.39 is 10.0 Å². The average molecular weight is 262 g/mol. The molecule has 1 aliphatic carbocycles. The summed E-state index contributed by atoms with van der Waals surface area (Å²) in [5.41, 5.74) is 0. The number of ether oxygens (including phenoxy) is 1. The first-order chi connectivity index (χ1) is 8.08. The number of hydrogen-bond acceptors (Lipinski definition) is 4. The lowest BCUT2D eigenvalue weighted by Gasteiger charge is -2.25. The minimum absolute atomic E-state index is 0.0443. The number of rotatable bonds is 6. The van der Waals surface area contributed by atoms with Crippen LogP contribution in [0.4, 0.5) is 0 Å². The molecule has 100 valence electrons. The third-order valence-electron chi connectivity index (χ3n) is 3.29. The van der Waals surface area contributed by atoms with Crippen LogP contribution in [-0.2, 0) is 14.8 Å². The summed E-state index contributed by atoms with van der Waals surface area (Å²) in [6, 6.07) is 0.503. The van der Waals surface area contributed by atoms with Gasteiger partial charge in [-0.1, -0.05) is 0 Å². The lowest BCUT2D eigenvalue weighted by molar-refractivity contribution is 0.0773. The maximum Gasteiger partial charge on any atom is 0.215 e. The summed E-state index contributed by atoms with van der Waals surface area (Å²) in [7, 11) is -3.22. The lowest BCUT2D eigenvalue weighted by Crippen LogP contribution is -2.46. The SMILES string of the molecule is CC(CNC1CC1)S(=O)(=O)NC1CCCOC1. The smallest absolute Gasteiger partial charge is 0.215 e. The molecule has 2 aliphatic rings. The Hall–Kier alpha value is -0.170. The van der Waals surface area contributed by atoms with E-state index in [4.69, 9.17) is 4.74 Å². The molecule has 1 saturated carbocycles. The van der Waals surface area contributed by atoms with E-state index in [0.717, 1.165) is 19.4 Å². The molecule has 6 heteroatoms. The van der Waals surface area contributed by atoms with E-state index in [2.05, 4.69) is 10.0 Å². The van der Waals surface area contributed by atoms with Gasteiger partial charge in [0.25, 0.3) is 0 Å². The standard InChI is InChI=1S/C11H22N2O3S/c1-9(7-12-10-4-5-10)17(14,15)13-11-3-2-6-16-8-11/h9-13H,2-8H2,1H3. The topological polar surface area (TPSA) is 67.4 Å². The van der Waals surface area contributed by atoms with Crippen molar-refractivity contribution in [3.05, 3.63) is 0 Å². The zero-order valence-electron chi connectivity index (χ0n) is 10.3. The summed E-state index contributed by atoms with van der Waals surface area (Å²) in [6.07, 6.45) is 4.16. The summed E-state index contributed by atoms with van der Waals surface area (Å²) in [6.45, 7) is 3.54. The molecule has 17 heavy (non-hydrogen) atoms. The van der Waals surface area contributed by atoms with Gasteiger partial charge >= 0.3 is 0 Å². The molecule has 0 radical (unpaired) electrons. The highest BCUT2D eigenvalue weighted by molar-refractivity contribution is 7.90. The minimum Gasteiger partial charge on any atom is -0.380 e. The fourth-order valence-corrected chi connectivity index (χ4v) is 3.11. The van der Waals surface area contributed by atoms with Crippen molar-refractivity contribution in [3.8, 4) is 0 Å². The summed E-state index contributed by atoms with van der Waals surface area (Å²) < 4.78 is 32.1. The molecule has 0 aromatic heterocycles. The summed E-state index contributed by atoms with van der Waals surface area (Å²) in [5, 5.41) is 2.87. The number of hydrogen-bond donors (Lipinski definition) is 2. The average Bonchev–Trinajstić information content (AvgIpc) is 3.10. The van der Waals surface area contributed by atoms with Crippen LogP contribution < -0.4 is 10.0 Å². The van der Waals surface area contributed by atoms with E-state index in [1.807, 2.05) is 0 Å². The van der Waals surface area contributed by atoms with Gasteiger partial charge in [0.15, 0.2) is 0 Å². The zero-order chi connectivity index (χ0) is 12.3. The molecule has 1 heterocycles. The molecule has 1 saturated heterocycles. The maximum atomic E-state index is 12.0. The Morgan fingerprint density at radius 3 is 2.65 bits per heavy atom. The van der Waals surface area contributed by atoms with Crippen LogP contribution >= 0.6 is 0 Å². The first-order valence-electron chi connectivity index (χ1n) is 6.40. The van der Waals surface area contributed by atoms with E-state index in [1.165, 1.54) is 12.8 Å². The predicted molar refractivity (Wildman–Crippen MR) is 66.4 cm³/mol. The van der Waals surface area contributed by atoms with Crippen LogP contribution in [0.3, 0.4) is 0 Å². The van der Waals surface area contributed by atoms with Crippen molar-refractivity contribution in [2.75, 3.05) is 19.8 Å². The van der Waals surface area contributed by atoms with E-state index in [9.17, 15) is 8.42 Å². The molecule has 2 atom stereocenters. The molecule has 0 aromatic carbocycles. The van der Waals surface area contributed by atoms with Crippen LogP contribution in [0.5, 0.6) is 0 Å². The second-order valence-electron chi connectivity index (χ2n) is 5.07. The van der Waals surface area contributed by atoms with Crippen molar-refractivity contribution < 1.29 is 13.2 Å². The van der Waals surface area contributed by atoms with Crippen LogP contribution in [-0.4, -0.2) is 45.5 Å². The molecule has 2 N–H and O–H groups in total. The Morgan fingerprint density at radius 2 is 2.06 bits per heavy atom. The van der Waals surface area contributed by atoms with Crippen molar-refractivity contribution in [3.63, 3.8) is 0 Å². The van der Waals surface area contributed by atoms with Crippen LogP contribution in [0.1, 0.15) is 32.6 Å². The van der Waals surface area contributed by atoms with Gasteiger partial charge < -0.3 is 10.1 Å². The minimum atomic E-state index is -3.22. The van der Waals surface area contributed by atoms with E-state index in [-0.39, 0.29) is 11.3 Å². The first-order valence-corrected chi connectivity index (χ1v) is 7.95. The van der Waals surface area contributed by atoms with Gasteiger partial charge in [-0.05, 0) is 32.6 Å². The van der Waals surface area contributed by atoms with Gasteiger partial charge in [-0.25, -0.2) is 13.1 Å². The maximum absolute atomic E-state index is 12.0. The molecular formula is C11H22N2O3S. The third kappa shape index (κ3) is 4.21. The van der Waals surface area contributed by atoms with Crippen LogP contribution in [0.15, 0.2) is 0 Å². The Balaban J connectivity index is 1.78. The molecule has 5 nitrogen and oxygen atoms in total. The molecule has 0 amide bonds. The second kappa shape index (κ2) is 5.65. The van der Waals surface area contributed by atoms with Gasteiger partial charge in [0.1, 0.15) is 0 Å². The van der Waals surface area contributed by atoms with Crippen molar-refractivity contribution in [1.29, 1.82) is 0 Å². The second-order valence-corrected chi connectivity index (χ2v) is 7.20. The number of nitrogens with one attached hydrogen (secondary N) is 2. The van der Waals surface area contributed by atoms with Crippen LogP contribution in [0, 0.1) is 0 Å². The zero-order valence-corrected chi connectivity index (χ0v) is 11.1. The molecule has 2 rings (SSSR count). The largest absolute Gasteiger partial charge is 0.380 e. The van der Waals surface area contributed by atoms with Crippen molar-refractivity contribution in [2.24, 2.45) is 0 Å². The Kier molecular flexibility index (Phi) is 4.41. The Morgan fingerprint density at radius 1 is 1.29 bits per heavy atom. The fraction of sp³-hybridized carbons (Fsp3) is 1.00. The van der Waals surface area contributed by atoms with Gasteiger partial charge in [-0.2, -0.15) is 0 Å². The summed E-state index contributed by atoms with van der Waals surface area (Å²) >= 11 is 0. The van der Waals surface area contributed by atoms with Crippen LogP contribution in [0.2, 0.25) is 0 Å². The summed E-state index contributed by atoms with van der Waals surface area (Å²) in [4.78, 5) is 0. The molecule has 2 fully saturated rings. The highest BCUT2D eigenvalue weighted by atomic mass is 32.2. The molecule has 1 aliphatic heterocycles. The van der Waals surface area contributed by atoms with Gasteiger partial charge in [0, 0.05) is 25.2 Å². The predicted octanol–water partition coefficient (Wildman–Crippen LogP) is 0.225. The first kappa shape index (κ1) is 13.3. The molecule has 0 bridgehead atoms. The Labute approximate surface area is 103 Å². The van der Waals surface area contributed by atoms with Crippen molar-refractivity contribution in [2.45, 2.75) is 49.9 Å². The fourth-order valence-electron chi connectivity index (χ4n) is 1.91. The van der Waals surface area contributed by atoms with E-state index in [1.54, 1.807) is 6.92 Å².